The van der Waals surface area contributed by atoms with E-state index in [0.717, 1.165) is 0 Å². The van der Waals surface area contributed by atoms with Crippen molar-refractivity contribution in [3.63, 3.8) is 0 Å². The highest BCUT2D eigenvalue weighted by Crippen LogP contribution is 2.06. The van der Waals surface area contributed by atoms with Crippen molar-refractivity contribution in [2.75, 3.05) is 26.2 Å². The van der Waals surface area contributed by atoms with Crippen molar-refractivity contribution in [3.8, 4) is 0 Å². The molecule has 2 atom stereocenters. The van der Waals surface area contributed by atoms with Crippen LogP contribution in [0.2, 0.25) is 0 Å². The molecule has 1 aliphatic heterocycles. The monoisotopic (exact) mass is 313 g/mol. The van der Waals surface area contributed by atoms with Gasteiger partial charge in [0.15, 0.2) is 0 Å². The second kappa shape index (κ2) is 8.61. The van der Waals surface area contributed by atoms with Gasteiger partial charge >= 0.3 is 0 Å². The molecule has 1 fully saturated rings. The largest absolute Gasteiger partial charge is 0.391 e. The van der Waals surface area contributed by atoms with Crippen LogP contribution in [0.15, 0.2) is 30.3 Å². The van der Waals surface area contributed by atoms with Gasteiger partial charge in [0, 0.05) is 31.1 Å². The van der Waals surface area contributed by atoms with Crippen LogP contribution in [0.25, 0.3) is 0 Å². The third-order valence-corrected chi connectivity index (χ3v) is 3.31. The Morgan fingerprint density at radius 3 is 2.52 bits per heavy atom. The van der Waals surface area contributed by atoms with E-state index in [-0.39, 0.29) is 36.7 Å². The van der Waals surface area contributed by atoms with Crippen LogP contribution >= 0.6 is 12.4 Å². The third-order valence-electron chi connectivity index (χ3n) is 3.31. The maximum absolute atomic E-state index is 11.7. The van der Waals surface area contributed by atoms with E-state index in [0.29, 0.717) is 25.2 Å². The SMILES string of the molecule is Cl.O=C(CNC(=O)c1ccccc1)NCC1CNCC1O. The van der Waals surface area contributed by atoms with Crippen molar-refractivity contribution in [1.82, 2.24) is 16.0 Å². The van der Waals surface area contributed by atoms with Crippen molar-refractivity contribution in [2.45, 2.75) is 6.10 Å². The predicted molar refractivity (Wildman–Crippen MR) is 81.4 cm³/mol. The first kappa shape index (κ1) is 17.4. The maximum atomic E-state index is 11.7. The zero-order valence-corrected chi connectivity index (χ0v) is 12.4. The molecule has 0 bridgehead atoms. The molecule has 7 heteroatoms. The molecule has 1 aromatic carbocycles. The van der Waals surface area contributed by atoms with Crippen molar-refractivity contribution in [2.24, 2.45) is 5.92 Å². The van der Waals surface area contributed by atoms with Crippen LogP contribution in [0.5, 0.6) is 0 Å². The van der Waals surface area contributed by atoms with Gasteiger partial charge in [0.2, 0.25) is 5.91 Å². The average molecular weight is 314 g/mol. The lowest BCUT2D eigenvalue weighted by atomic mass is 10.1. The molecule has 1 saturated heterocycles. The average Bonchev–Trinajstić information content (AvgIpc) is 2.89. The molecule has 6 nitrogen and oxygen atoms in total. The fraction of sp³-hybridized carbons (Fsp3) is 0.429. The van der Waals surface area contributed by atoms with Crippen molar-refractivity contribution in [3.05, 3.63) is 35.9 Å². The van der Waals surface area contributed by atoms with Gasteiger partial charge in [-0.3, -0.25) is 9.59 Å². The minimum absolute atomic E-state index is 0. The van der Waals surface area contributed by atoms with Gasteiger partial charge in [-0.05, 0) is 12.1 Å². The first-order valence-corrected chi connectivity index (χ1v) is 6.65. The second-order valence-electron chi connectivity index (χ2n) is 4.84. The Morgan fingerprint density at radius 1 is 1.19 bits per heavy atom. The van der Waals surface area contributed by atoms with E-state index >= 15 is 0 Å². The highest BCUT2D eigenvalue weighted by Gasteiger charge is 2.24. The normalized spacial score (nSPS) is 20.4. The Balaban J connectivity index is 0.00000220. The topological polar surface area (TPSA) is 90.5 Å². The molecule has 0 radical (unpaired) electrons. The van der Waals surface area contributed by atoms with Crippen LogP contribution in [-0.2, 0) is 4.79 Å². The number of nitrogens with one attached hydrogen (secondary N) is 3. The van der Waals surface area contributed by atoms with Gasteiger partial charge < -0.3 is 21.1 Å². The first-order valence-electron chi connectivity index (χ1n) is 6.65. The predicted octanol–water partition coefficient (Wildman–Crippen LogP) is -0.465. The number of aliphatic hydroxyl groups excluding tert-OH is 1. The van der Waals surface area contributed by atoms with Crippen molar-refractivity contribution < 1.29 is 14.7 Å². The highest BCUT2D eigenvalue weighted by molar-refractivity contribution is 5.96. The number of carbonyl (C=O) groups is 2. The maximum Gasteiger partial charge on any atom is 0.251 e. The molecule has 1 aliphatic rings. The number of β-amino-alcohol motifs (C(OH)–C–C–N with tert-alkyl or cyclic N) is 1. The molecular weight excluding hydrogens is 294 g/mol. The van der Waals surface area contributed by atoms with Crippen LogP contribution in [0.3, 0.4) is 0 Å². The highest BCUT2D eigenvalue weighted by atomic mass is 35.5. The summed E-state index contributed by atoms with van der Waals surface area (Å²) >= 11 is 0. The van der Waals surface area contributed by atoms with Gasteiger partial charge in [0.05, 0.1) is 12.6 Å². The van der Waals surface area contributed by atoms with Gasteiger partial charge in [-0.15, -0.1) is 12.4 Å². The van der Waals surface area contributed by atoms with Crippen LogP contribution in [0, 0.1) is 5.92 Å². The molecule has 0 saturated carbocycles. The Morgan fingerprint density at radius 2 is 1.90 bits per heavy atom. The van der Waals surface area contributed by atoms with E-state index in [1.54, 1.807) is 24.3 Å². The van der Waals surface area contributed by atoms with Gasteiger partial charge in [-0.25, -0.2) is 0 Å². The lowest BCUT2D eigenvalue weighted by molar-refractivity contribution is -0.120. The Labute approximate surface area is 129 Å². The number of halogens is 1. The molecule has 2 amide bonds. The molecule has 4 N–H and O–H groups in total. The summed E-state index contributed by atoms with van der Waals surface area (Å²) in [7, 11) is 0. The Kier molecular flexibility index (Phi) is 7.14. The molecular formula is C14H20ClN3O3. The lowest BCUT2D eigenvalue weighted by Crippen LogP contribution is -2.40. The fourth-order valence-corrected chi connectivity index (χ4v) is 2.09. The standard InChI is InChI=1S/C14H19N3O3.ClH/c18-12-8-15-6-11(12)7-16-13(19)9-17-14(20)10-4-2-1-3-5-10;/h1-5,11-12,15,18H,6-9H2,(H,16,19)(H,17,20);1H. The van der Waals surface area contributed by atoms with E-state index in [1.165, 1.54) is 0 Å². The summed E-state index contributed by atoms with van der Waals surface area (Å²) in [6, 6.07) is 8.74. The minimum Gasteiger partial charge on any atom is -0.391 e. The molecule has 116 valence electrons. The van der Waals surface area contributed by atoms with Gasteiger partial charge in [-0.2, -0.15) is 0 Å². The van der Waals surface area contributed by atoms with Crippen LogP contribution in [0.4, 0.5) is 0 Å². The second-order valence-corrected chi connectivity index (χ2v) is 4.84. The molecule has 1 aromatic rings. The number of hydrogen-bond acceptors (Lipinski definition) is 4. The van der Waals surface area contributed by atoms with E-state index in [2.05, 4.69) is 16.0 Å². The summed E-state index contributed by atoms with van der Waals surface area (Å²) in [4.78, 5) is 23.3. The number of amides is 2. The summed E-state index contributed by atoms with van der Waals surface area (Å²) < 4.78 is 0. The van der Waals surface area contributed by atoms with Crippen molar-refractivity contribution in [1.29, 1.82) is 0 Å². The van der Waals surface area contributed by atoms with Gasteiger partial charge in [0.1, 0.15) is 0 Å². The van der Waals surface area contributed by atoms with Gasteiger partial charge in [-0.1, -0.05) is 18.2 Å². The van der Waals surface area contributed by atoms with Crippen LogP contribution < -0.4 is 16.0 Å². The number of hydrogen-bond donors (Lipinski definition) is 4. The van der Waals surface area contributed by atoms with E-state index in [4.69, 9.17) is 0 Å². The lowest BCUT2D eigenvalue weighted by Gasteiger charge is -2.14. The Bertz CT molecular complexity index is 470. The molecule has 2 unspecified atom stereocenters. The van der Waals surface area contributed by atoms with E-state index in [9.17, 15) is 14.7 Å². The first-order chi connectivity index (χ1) is 9.66. The van der Waals surface area contributed by atoms with E-state index < -0.39 is 6.10 Å². The zero-order valence-electron chi connectivity index (χ0n) is 11.5. The number of rotatable bonds is 5. The zero-order chi connectivity index (χ0) is 14.4. The number of carbonyl (C=O) groups excluding carboxylic acids is 2. The molecule has 0 aromatic heterocycles. The Hall–Kier alpha value is -1.63. The summed E-state index contributed by atoms with van der Waals surface area (Å²) in [5.74, 6) is -0.500. The van der Waals surface area contributed by atoms with Crippen LogP contribution in [-0.4, -0.2) is 49.2 Å². The number of benzene rings is 1. The molecule has 21 heavy (non-hydrogen) atoms. The molecule has 0 aliphatic carbocycles. The molecule has 1 heterocycles. The van der Waals surface area contributed by atoms with Crippen LogP contribution in [0.1, 0.15) is 10.4 Å². The summed E-state index contributed by atoms with van der Waals surface area (Å²) in [6.07, 6.45) is -0.422. The fourth-order valence-electron chi connectivity index (χ4n) is 2.09. The quantitative estimate of drug-likeness (QED) is 0.592. The molecule has 2 rings (SSSR count). The number of aliphatic hydroxyl groups is 1. The minimum atomic E-state index is -0.422. The molecule has 0 spiro atoms. The van der Waals surface area contributed by atoms with E-state index in [1.807, 2.05) is 6.07 Å². The van der Waals surface area contributed by atoms with Gasteiger partial charge in [0.25, 0.3) is 5.91 Å². The van der Waals surface area contributed by atoms with Crippen molar-refractivity contribution >= 4 is 24.2 Å². The summed E-state index contributed by atoms with van der Waals surface area (Å²) in [5.41, 5.74) is 0.524. The third kappa shape index (κ3) is 5.34. The smallest absolute Gasteiger partial charge is 0.251 e. The summed E-state index contributed by atoms with van der Waals surface area (Å²) in [5, 5.41) is 17.9. The summed E-state index contributed by atoms with van der Waals surface area (Å²) in [6.45, 7) is 1.60.